The highest BCUT2D eigenvalue weighted by Gasteiger charge is 2.22. The van der Waals surface area contributed by atoms with Crippen molar-refractivity contribution >= 4 is 42.8 Å². The van der Waals surface area contributed by atoms with Crippen molar-refractivity contribution in [2.75, 3.05) is 0 Å². The molecule has 0 saturated heterocycles. The lowest BCUT2D eigenvalue weighted by Gasteiger charge is -2.07. The topological polar surface area (TPSA) is 89.3 Å². The highest BCUT2D eigenvalue weighted by molar-refractivity contribution is 9.10. The van der Waals surface area contributed by atoms with E-state index in [-0.39, 0.29) is 16.0 Å². The van der Waals surface area contributed by atoms with Crippen LogP contribution < -0.4 is 0 Å². The number of carbonyl (C=O) groups is 1. The molecule has 0 amide bonds. The van der Waals surface area contributed by atoms with E-state index in [9.17, 15) is 13.2 Å². The summed E-state index contributed by atoms with van der Waals surface area (Å²) in [5.41, 5.74) is 1.12. The summed E-state index contributed by atoms with van der Waals surface area (Å²) in [6, 6.07) is 9.08. The van der Waals surface area contributed by atoms with Crippen molar-refractivity contribution in [2.45, 2.75) is 11.8 Å². The first-order valence-electron chi connectivity index (χ1n) is 6.53. The summed E-state index contributed by atoms with van der Waals surface area (Å²) >= 11 is 3.25. The van der Waals surface area contributed by atoms with Gasteiger partial charge in [0.2, 0.25) is 0 Å². The van der Waals surface area contributed by atoms with E-state index >= 15 is 0 Å². The molecular weight excluding hydrogens is 384 g/mol. The number of aromatic nitrogens is 2. The number of rotatable bonds is 3. The fraction of sp³-hybridized carbons (Fsp3) is 0.0667. The van der Waals surface area contributed by atoms with Gasteiger partial charge in [-0.1, -0.05) is 33.6 Å². The number of nitrogens with zero attached hydrogens (tertiary/aromatic N) is 2. The molecule has 23 heavy (non-hydrogen) atoms. The normalized spacial score (nSPS) is 11.7. The van der Waals surface area contributed by atoms with Gasteiger partial charge in [-0.25, -0.2) is 4.79 Å². The summed E-state index contributed by atoms with van der Waals surface area (Å²) in [5, 5.41) is 13.6. The van der Waals surface area contributed by atoms with Crippen LogP contribution in [0.2, 0.25) is 0 Å². The minimum absolute atomic E-state index is 0.0229. The van der Waals surface area contributed by atoms with Crippen molar-refractivity contribution in [1.29, 1.82) is 0 Å². The lowest BCUT2D eigenvalue weighted by molar-refractivity contribution is 0.0697. The van der Waals surface area contributed by atoms with Crippen molar-refractivity contribution in [3.63, 3.8) is 0 Å². The molecule has 0 aliphatic heterocycles. The molecule has 8 heteroatoms. The highest BCUT2D eigenvalue weighted by Crippen LogP contribution is 2.28. The van der Waals surface area contributed by atoms with Gasteiger partial charge in [0, 0.05) is 9.86 Å². The van der Waals surface area contributed by atoms with Crippen LogP contribution in [0.5, 0.6) is 0 Å². The SMILES string of the molecule is Cc1ccc(S(=O)(=O)n2ncc3c(Br)cc(C(=O)O)cc32)cc1. The molecule has 1 N–H and O–H groups in total. The highest BCUT2D eigenvalue weighted by atomic mass is 79.9. The fourth-order valence-corrected chi connectivity index (χ4v) is 4.00. The van der Waals surface area contributed by atoms with E-state index in [0.29, 0.717) is 9.86 Å². The maximum absolute atomic E-state index is 12.8. The van der Waals surface area contributed by atoms with E-state index in [2.05, 4.69) is 21.0 Å². The molecule has 0 fully saturated rings. The van der Waals surface area contributed by atoms with Crippen molar-refractivity contribution < 1.29 is 18.3 Å². The first-order valence-corrected chi connectivity index (χ1v) is 8.77. The van der Waals surface area contributed by atoms with Gasteiger partial charge in [0.15, 0.2) is 0 Å². The third-order valence-corrected chi connectivity index (χ3v) is 5.67. The molecule has 3 rings (SSSR count). The summed E-state index contributed by atoms with van der Waals surface area (Å²) in [6.07, 6.45) is 1.39. The Morgan fingerprint density at radius 1 is 1.22 bits per heavy atom. The fourth-order valence-electron chi connectivity index (χ4n) is 2.19. The monoisotopic (exact) mass is 394 g/mol. The molecule has 118 valence electrons. The zero-order chi connectivity index (χ0) is 16.8. The second-order valence-electron chi connectivity index (χ2n) is 5.00. The predicted octanol–water partition coefficient (Wildman–Crippen LogP) is 3.04. The van der Waals surface area contributed by atoms with Gasteiger partial charge in [-0.3, -0.25) is 0 Å². The minimum Gasteiger partial charge on any atom is -0.478 e. The number of fused-ring (bicyclic) bond motifs is 1. The number of hydrogen-bond acceptors (Lipinski definition) is 4. The number of hydrogen-bond donors (Lipinski definition) is 1. The lowest BCUT2D eigenvalue weighted by Crippen LogP contribution is -2.14. The maximum Gasteiger partial charge on any atom is 0.335 e. The van der Waals surface area contributed by atoms with E-state index in [0.717, 1.165) is 9.65 Å². The van der Waals surface area contributed by atoms with Crippen LogP contribution in [0.3, 0.4) is 0 Å². The van der Waals surface area contributed by atoms with Gasteiger partial charge in [-0.05, 0) is 31.2 Å². The van der Waals surface area contributed by atoms with Gasteiger partial charge in [0.1, 0.15) is 0 Å². The summed E-state index contributed by atoms with van der Waals surface area (Å²) in [4.78, 5) is 11.3. The Morgan fingerprint density at radius 2 is 1.87 bits per heavy atom. The third-order valence-electron chi connectivity index (χ3n) is 3.40. The Kier molecular flexibility index (Phi) is 3.73. The second kappa shape index (κ2) is 5.47. The Bertz CT molecular complexity index is 1020. The largest absolute Gasteiger partial charge is 0.478 e. The molecule has 1 aromatic heterocycles. The van der Waals surface area contributed by atoms with Crippen LogP contribution in [0.4, 0.5) is 0 Å². The average molecular weight is 395 g/mol. The van der Waals surface area contributed by atoms with E-state index in [1.54, 1.807) is 12.1 Å². The summed E-state index contributed by atoms with van der Waals surface area (Å²) in [6.45, 7) is 1.86. The first kappa shape index (κ1) is 15.7. The number of halogens is 1. The molecule has 0 spiro atoms. The summed E-state index contributed by atoms with van der Waals surface area (Å²) in [7, 11) is -3.91. The quantitative estimate of drug-likeness (QED) is 0.737. The number of carboxylic acids is 1. The van der Waals surface area contributed by atoms with Gasteiger partial charge >= 0.3 is 5.97 Å². The molecule has 0 unspecified atom stereocenters. The minimum atomic E-state index is -3.91. The van der Waals surface area contributed by atoms with Gasteiger partial charge in [-0.2, -0.15) is 17.6 Å². The predicted molar refractivity (Wildman–Crippen MR) is 88.2 cm³/mol. The molecule has 1 heterocycles. The Hall–Kier alpha value is -2.19. The number of aromatic carboxylic acids is 1. The van der Waals surface area contributed by atoms with Crippen LogP contribution in [0.15, 0.2) is 52.0 Å². The van der Waals surface area contributed by atoms with E-state index in [1.165, 1.54) is 30.5 Å². The second-order valence-corrected chi connectivity index (χ2v) is 7.62. The van der Waals surface area contributed by atoms with Gasteiger partial charge in [0.05, 0.1) is 22.2 Å². The molecule has 3 aromatic rings. The Labute approximate surface area is 140 Å². The van der Waals surface area contributed by atoms with Crippen molar-refractivity contribution in [1.82, 2.24) is 9.19 Å². The molecule has 2 aromatic carbocycles. The molecular formula is C15H11BrN2O4S. The number of carboxylic acid groups (broad SMARTS) is 1. The van der Waals surface area contributed by atoms with E-state index in [1.807, 2.05) is 6.92 Å². The number of benzene rings is 2. The lowest BCUT2D eigenvalue weighted by atomic mass is 10.2. The van der Waals surface area contributed by atoms with Crippen molar-refractivity contribution in [2.24, 2.45) is 0 Å². The molecule has 0 bridgehead atoms. The molecule has 0 saturated carbocycles. The van der Waals surface area contributed by atoms with Crippen LogP contribution in [0.1, 0.15) is 15.9 Å². The number of aryl methyl sites for hydroxylation is 1. The van der Waals surface area contributed by atoms with Crippen molar-refractivity contribution in [3.05, 3.63) is 58.2 Å². The first-order chi connectivity index (χ1) is 10.8. The van der Waals surface area contributed by atoms with Crippen LogP contribution in [-0.2, 0) is 10.0 Å². The Balaban J connectivity index is 2.27. The van der Waals surface area contributed by atoms with Crippen LogP contribution >= 0.6 is 15.9 Å². The molecule has 0 aliphatic carbocycles. The Morgan fingerprint density at radius 3 is 2.48 bits per heavy atom. The van der Waals surface area contributed by atoms with Gasteiger partial charge in [0.25, 0.3) is 10.0 Å². The molecule has 0 radical (unpaired) electrons. The van der Waals surface area contributed by atoms with E-state index in [4.69, 9.17) is 5.11 Å². The zero-order valence-corrected chi connectivity index (χ0v) is 14.3. The third kappa shape index (κ3) is 2.64. The summed E-state index contributed by atoms with van der Waals surface area (Å²) < 4.78 is 26.8. The standard InChI is InChI=1S/C15H11BrN2O4S/c1-9-2-4-11(5-3-9)23(21,22)18-14-7-10(15(19)20)6-13(16)12(14)8-17-18/h2-8H,1H3,(H,19,20). The van der Waals surface area contributed by atoms with Crippen LogP contribution in [-0.4, -0.2) is 28.7 Å². The molecule has 0 atom stereocenters. The summed E-state index contributed by atoms with van der Waals surface area (Å²) in [5.74, 6) is -1.15. The smallest absolute Gasteiger partial charge is 0.335 e. The average Bonchev–Trinajstić information content (AvgIpc) is 2.92. The maximum atomic E-state index is 12.8. The molecule has 6 nitrogen and oxygen atoms in total. The van der Waals surface area contributed by atoms with E-state index < -0.39 is 16.0 Å². The molecule has 0 aliphatic rings. The van der Waals surface area contributed by atoms with Crippen molar-refractivity contribution in [3.8, 4) is 0 Å². The van der Waals surface area contributed by atoms with Gasteiger partial charge < -0.3 is 5.11 Å². The van der Waals surface area contributed by atoms with Crippen LogP contribution in [0, 0.1) is 6.92 Å². The van der Waals surface area contributed by atoms with Gasteiger partial charge in [-0.15, -0.1) is 0 Å². The zero-order valence-electron chi connectivity index (χ0n) is 11.9. The van der Waals surface area contributed by atoms with Crippen LogP contribution in [0.25, 0.3) is 10.9 Å².